The van der Waals surface area contributed by atoms with E-state index in [2.05, 4.69) is 10.6 Å². The number of nitrogens with zero attached hydrogens (tertiary/aromatic N) is 1. The lowest BCUT2D eigenvalue weighted by Crippen LogP contribution is -2.16. The number of nitro groups is 1. The third-order valence-corrected chi connectivity index (χ3v) is 4.98. The van der Waals surface area contributed by atoms with Crippen LogP contribution in [0.25, 0.3) is 0 Å². The molecule has 33 heavy (non-hydrogen) atoms. The molecular formula is C22H17Cl2N3O6. The maximum absolute atomic E-state index is 12.8. The Labute approximate surface area is 198 Å². The highest BCUT2D eigenvalue weighted by Gasteiger charge is 2.21. The second-order valence-corrected chi connectivity index (χ2v) is 7.46. The smallest absolute Gasteiger partial charge is 0.292 e. The van der Waals surface area contributed by atoms with E-state index >= 15 is 0 Å². The van der Waals surface area contributed by atoms with E-state index in [4.69, 9.17) is 32.7 Å². The van der Waals surface area contributed by atoms with Crippen molar-refractivity contribution in [1.82, 2.24) is 0 Å². The molecule has 0 saturated carbocycles. The van der Waals surface area contributed by atoms with Crippen LogP contribution in [0.4, 0.5) is 17.1 Å². The van der Waals surface area contributed by atoms with Crippen molar-refractivity contribution in [3.8, 4) is 11.5 Å². The zero-order chi connectivity index (χ0) is 24.1. The lowest BCUT2D eigenvalue weighted by atomic mass is 10.1. The molecule has 0 radical (unpaired) electrons. The number of carbonyl (C=O) groups excluding carboxylic acids is 2. The van der Waals surface area contributed by atoms with Crippen LogP contribution in [0.3, 0.4) is 0 Å². The summed E-state index contributed by atoms with van der Waals surface area (Å²) in [7, 11) is 2.78. The molecule has 0 aliphatic rings. The summed E-state index contributed by atoms with van der Waals surface area (Å²) in [6.07, 6.45) is 0. The van der Waals surface area contributed by atoms with E-state index < -0.39 is 16.7 Å². The van der Waals surface area contributed by atoms with Crippen molar-refractivity contribution in [3.05, 3.63) is 85.9 Å². The van der Waals surface area contributed by atoms with Crippen LogP contribution in [-0.4, -0.2) is 31.0 Å². The number of rotatable bonds is 7. The molecule has 0 atom stereocenters. The number of benzene rings is 3. The first kappa shape index (κ1) is 23.8. The topological polar surface area (TPSA) is 120 Å². The van der Waals surface area contributed by atoms with Gasteiger partial charge in [0.25, 0.3) is 17.5 Å². The van der Waals surface area contributed by atoms with Gasteiger partial charge in [0.1, 0.15) is 17.2 Å². The van der Waals surface area contributed by atoms with Crippen LogP contribution in [0, 0.1) is 10.1 Å². The van der Waals surface area contributed by atoms with Gasteiger partial charge < -0.3 is 20.1 Å². The van der Waals surface area contributed by atoms with Crippen molar-refractivity contribution in [1.29, 1.82) is 0 Å². The Hall–Kier alpha value is -3.82. The second-order valence-electron chi connectivity index (χ2n) is 6.59. The predicted molar refractivity (Wildman–Crippen MR) is 125 cm³/mol. The van der Waals surface area contributed by atoms with Gasteiger partial charge >= 0.3 is 0 Å². The number of carbonyl (C=O) groups is 2. The number of methoxy groups -OCH3 is 2. The lowest BCUT2D eigenvalue weighted by molar-refractivity contribution is -0.383. The van der Waals surface area contributed by atoms with Gasteiger partial charge in [-0.3, -0.25) is 19.7 Å². The van der Waals surface area contributed by atoms with Gasteiger partial charge in [0.05, 0.1) is 30.3 Å². The summed E-state index contributed by atoms with van der Waals surface area (Å²) in [4.78, 5) is 36.4. The fraction of sp³-hybridized carbons (Fsp3) is 0.0909. The Morgan fingerprint density at radius 1 is 0.818 bits per heavy atom. The van der Waals surface area contributed by atoms with Gasteiger partial charge in [-0.1, -0.05) is 23.2 Å². The van der Waals surface area contributed by atoms with Crippen LogP contribution < -0.4 is 20.1 Å². The van der Waals surface area contributed by atoms with Gasteiger partial charge in [-0.25, -0.2) is 0 Å². The molecular weight excluding hydrogens is 473 g/mol. The van der Waals surface area contributed by atoms with Crippen molar-refractivity contribution < 1.29 is 24.0 Å². The normalized spacial score (nSPS) is 10.3. The number of nitrogens with one attached hydrogen (secondary N) is 2. The minimum absolute atomic E-state index is 0.0809. The van der Waals surface area contributed by atoms with E-state index in [0.29, 0.717) is 10.8 Å². The average molecular weight is 490 g/mol. The first-order valence-electron chi connectivity index (χ1n) is 9.31. The number of hydrogen-bond donors (Lipinski definition) is 2. The van der Waals surface area contributed by atoms with Gasteiger partial charge in [-0.05, 0) is 48.5 Å². The van der Waals surface area contributed by atoms with Crippen molar-refractivity contribution in [2.75, 3.05) is 24.9 Å². The van der Waals surface area contributed by atoms with E-state index in [1.54, 1.807) is 12.1 Å². The molecule has 2 N–H and O–H groups in total. The van der Waals surface area contributed by atoms with Gasteiger partial charge in [0.2, 0.25) is 0 Å². The summed E-state index contributed by atoms with van der Waals surface area (Å²) >= 11 is 11.9. The molecule has 3 aromatic rings. The Bertz CT molecular complexity index is 1250. The SMILES string of the molecule is COc1ccc(Cl)cc1C(=O)Nc1ccc([N+](=O)[O-])c(NC(=O)c2cc(Cl)ccc2OC)c1. The van der Waals surface area contributed by atoms with Gasteiger partial charge in [0, 0.05) is 21.8 Å². The monoisotopic (exact) mass is 489 g/mol. The van der Waals surface area contributed by atoms with Crippen LogP contribution in [0.15, 0.2) is 54.6 Å². The van der Waals surface area contributed by atoms with E-state index in [-0.39, 0.29) is 39.0 Å². The van der Waals surface area contributed by atoms with E-state index in [1.165, 1.54) is 50.6 Å². The summed E-state index contributed by atoms with van der Waals surface area (Å²) in [5.74, 6) is -0.716. The number of ether oxygens (including phenoxy) is 2. The molecule has 3 aromatic carbocycles. The van der Waals surface area contributed by atoms with E-state index in [9.17, 15) is 19.7 Å². The van der Waals surface area contributed by atoms with Crippen LogP contribution >= 0.6 is 23.2 Å². The van der Waals surface area contributed by atoms with Gasteiger partial charge in [0.15, 0.2) is 0 Å². The third kappa shape index (κ3) is 5.51. The Kier molecular flexibility index (Phi) is 7.37. The Balaban J connectivity index is 1.93. The highest BCUT2D eigenvalue weighted by molar-refractivity contribution is 6.31. The molecule has 0 heterocycles. The fourth-order valence-electron chi connectivity index (χ4n) is 2.98. The van der Waals surface area contributed by atoms with Gasteiger partial charge in [-0.2, -0.15) is 0 Å². The molecule has 11 heteroatoms. The molecule has 0 aromatic heterocycles. The summed E-state index contributed by atoms with van der Waals surface area (Å²) in [6, 6.07) is 12.7. The summed E-state index contributed by atoms with van der Waals surface area (Å²) < 4.78 is 10.3. The number of amides is 2. The predicted octanol–water partition coefficient (Wildman–Crippen LogP) is 5.42. The third-order valence-electron chi connectivity index (χ3n) is 4.51. The van der Waals surface area contributed by atoms with E-state index in [1.807, 2.05) is 0 Å². The summed E-state index contributed by atoms with van der Waals surface area (Å²) in [5, 5.41) is 17.2. The molecule has 0 bridgehead atoms. The minimum Gasteiger partial charge on any atom is -0.496 e. The molecule has 3 rings (SSSR count). The molecule has 0 saturated heterocycles. The van der Waals surface area contributed by atoms with E-state index in [0.717, 1.165) is 6.07 Å². The van der Waals surface area contributed by atoms with Crippen LogP contribution in [0.2, 0.25) is 10.0 Å². The largest absolute Gasteiger partial charge is 0.496 e. The Morgan fingerprint density at radius 2 is 1.33 bits per heavy atom. The van der Waals surface area contributed by atoms with Crippen molar-refractivity contribution in [2.45, 2.75) is 0 Å². The number of hydrogen-bond acceptors (Lipinski definition) is 6. The molecule has 0 fully saturated rings. The summed E-state index contributed by atoms with van der Waals surface area (Å²) in [5.41, 5.74) is -0.0680. The van der Waals surface area contributed by atoms with Crippen LogP contribution in [0.5, 0.6) is 11.5 Å². The Morgan fingerprint density at radius 3 is 1.82 bits per heavy atom. The molecule has 0 unspecified atom stereocenters. The second kappa shape index (κ2) is 10.2. The molecule has 0 aliphatic carbocycles. The lowest BCUT2D eigenvalue weighted by Gasteiger charge is -2.13. The van der Waals surface area contributed by atoms with Crippen molar-refractivity contribution in [3.63, 3.8) is 0 Å². The molecule has 2 amide bonds. The highest BCUT2D eigenvalue weighted by atomic mass is 35.5. The summed E-state index contributed by atoms with van der Waals surface area (Å²) in [6.45, 7) is 0. The number of anilines is 2. The maximum Gasteiger partial charge on any atom is 0.292 e. The minimum atomic E-state index is -0.683. The number of nitro benzene ring substituents is 1. The molecule has 170 valence electrons. The standard InChI is InChI=1S/C22H17Cl2N3O6/c1-32-19-7-3-12(23)9-15(19)21(28)25-14-5-6-18(27(30)31)17(11-14)26-22(29)16-10-13(24)4-8-20(16)33-2/h3-11H,1-2H3,(H,25,28)(H,26,29). The number of halogens is 2. The first-order valence-corrected chi connectivity index (χ1v) is 10.1. The van der Waals surface area contributed by atoms with Crippen LogP contribution in [0.1, 0.15) is 20.7 Å². The van der Waals surface area contributed by atoms with Crippen LogP contribution in [-0.2, 0) is 0 Å². The molecule has 9 nitrogen and oxygen atoms in total. The van der Waals surface area contributed by atoms with Crippen molar-refractivity contribution in [2.24, 2.45) is 0 Å². The maximum atomic E-state index is 12.8. The fourth-order valence-corrected chi connectivity index (χ4v) is 3.32. The molecule has 0 spiro atoms. The first-order chi connectivity index (χ1) is 15.7. The molecule has 0 aliphatic heterocycles. The van der Waals surface area contributed by atoms with Gasteiger partial charge in [-0.15, -0.1) is 0 Å². The van der Waals surface area contributed by atoms with Crippen molar-refractivity contribution >= 4 is 52.1 Å². The quantitative estimate of drug-likeness (QED) is 0.337. The average Bonchev–Trinajstić information content (AvgIpc) is 2.78. The highest BCUT2D eigenvalue weighted by Crippen LogP contribution is 2.31. The zero-order valence-electron chi connectivity index (χ0n) is 17.3. The zero-order valence-corrected chi connectivity index (χ0v) is 18.9.